The third-order valence-corrected chi connectivity index (χ3v) is 6.07. The molecule has 7 heteroatoms. The van der Waals surface area contributed by atoms with Gasteiger partial charge in [-0.2, -0.15) is 0 Å². The third kappa shape index (κ3) is 4.07. The lowest BCUT2D eigenvalue weighted by Crippen LogP contribution is -2.35. The number of ether oxygens (including phenoxy) is 1. The van der Waals surface area contributed by atoms with Crippen LogP contribution < -0.4 is 14.8 Å². The number of anilines is 2. The van der Waals surface area contributed by atoms with Gasteiger partial charge in [-0.3, -0.25) is 4.31 Å². The molecular weight excluding hydrogens is 372 g/mol. The minimum atomic E-state index is -3.62. The standard InChI is InChI=1S/C19H24N2O3S.ClH/c1-14(2)13-24-15-8-10-16(11-9-15)25(22,23)21-12-4-5-17-18(20)6-3-7-19(17)21;/h3,6-11,14H,4-5,12-13,20H2,1-2H3;1H. The molecule has 2 N–H and O–H groups in total. The molecule has 2 aromatic carbocycles. The zero-order valence-corrected chi connectivity index (χ0v) is 16.6. The van der Waals surface area contributed by atoms with Crippen LogP contribution in [0.3, 0.4) is 0 Å². The van der Waals surface area contributed by atoms with E-state index >= 15 is 0 Å². The van der Waals surface area contributed by atoms with Crippen LogP contribution in [0, 0.1) is 5.92 Å². The summed E-state index contributed by atoms with van der Waals surface area (Å²) < 4.78 is 33.3. The second-order valence-corrected chi connectivity index (χ2v) is 8.56. The van der Waals surface area contributed by atoms with Gasteiger partial charge < -0.3 is 10.5 Å². The van der Waals surface area contributed by atoms with E-state index in [-0.39, 0.29) is 17.3 Å². The van der Waals surface area contributed by atoms with Crippen molar-refractivity contribution in [1.82, 2.24) is 0 Å². The summed E-state index contributed by atoms with van der Waals surface area (Å²) in [5.41, 5.74) is 8.27. The summed E-state index contributed by atoms with van der Waals surface area (Å²) in [7, 11) is -3.62. The lowest BCUT2D eigenvalue weighted by molar-refractivity contribution is 0.271. The van der Waals surface area contributed by atoms with Crippen LogP contribution in [0.1, 0.15) is 25.8 Å². The van der Waals surface area contributed by atoms with Gasteiger partial charge in [0.05, 0.1) is 17.2 Å². The lowest BCUT2D eigenvalue weighted by atomic mass is 10.0. The Kier molecular flexibility index (Phi) is 6.42. The van der Waals surface area contributed by atoms with Crippen LogP contribution in [0.2, 0.25) is 0 Å². The minimum absolute atomic E-state index is 0. The van der Waals surface area contributed by atoms with E-state index in [2.05, 4.69) is 13.8 Å². The first-order chi connectivity index (χ1) is 11.9. The Morgan fingerprint density at radius 3 is 2.50 bits per heavy atom. The molecule has 0 radical (unpaired) electrons. The number of halogens is 1. The summed E-state index contributed by atoms with van der Waals surface area (Å²) in [6.45, 7) is 5.20. The molecule has 0 bridgehead atoms. The van der Waals surface area contributed by atoms with E-state index in [1.165, 1.54) is 4.31 Å². The van der Waals surface area contributed by atoms with Gasteiger partial charge in [-0.05, 0) is 60.7 Å². The first kappa shape index (κ1) is 20.4. The Morgan fingerprint density at radius 1 is 1.15 bits per heavy atom. The molecule has 3 rings (SSSR count). The average Bonchev–Trinajstić information content (AvgIpc) is 2.60. The molecule has 0 amide bonds. The maximum Gasteiger partial charge on any atom is 0.264 e. The monoisotopic (exact) mass is 396 g/mol. The van der Waals surface area contributed by atoms with Crippen LogP contribution in [0.25, 0.3) is 0 Å². The van der Waals surface area contributed by atoms with Crippen LogP contribution in [-0.4, -0.2) is 21.6 Å². The highest BCUT2D eigenvalue weighted by Crippen LogP contribution is 2.35. The number of nitrogens with zero attached hydrogens (tertiary/aromatic N) is 1. The fraction of sp³-hybridized carbons (Fsp3) is 0.368. The Morgan fingerprint density at radius 2 is 1.85 bits per heavy atom. The summed E-state index contributed by atoms with van der Waals surface area (Å²) in [6.07, 6.45) is 1.56. The van der Waals surface area contributed by atoms with E-state index in [4.69, 9.17) is 10.5 Å². The predicted octanol–water partition coefficient (Wildman–Crippen LogP) is 3.87. The number of rotatable bonds is 5. The minimum Gasteiger partial charge on any atom is -0.493 e. The molecule has 5 nitrogen and oxygen atoms in total. The van der Waals surface area contributed by atoms with Gasteiger partial charge in [0.1, 0.15) is 5.75 Å². The number of hydrogen-bond acceptors (Lipinski definition) is 4. The molecule has 0 unspecified atom stereocenters. The van der Waals surface area contributed by atoms with Crippen molar-refractivity contribution in [3.8, 4) is 5.75 Å². The predicted molar refractivity (Wildman–Crippen MR) is 108 cm³/mol. The molecule has 0 atom stereocenters. The molecule has 1 aliphatic heterocycles. The molecule has 1 heterocycles. The van der Waals surface area contributed by atoms with Crippen molar-refractivity contribution in [2.24, 2.45) is 5.92 Å². The largest absolute Gasteiger partial charge is 0.493 e. The number of nitrogen functional groups attached to an aromatic ring is 1. The first-order valence-electron chi connectivity index (χ1n) is 8.52. The maximum atomic E-state index is 13.1. The highest BCUT2D eigenvalue weighted by molar-refractivity contribution is 7.92. The second-order valence-electron chi connectivity index (χ2n) is 6.70. The Bertz CT molecular complexity index is 852. The molecule has 0 saturated heterocycles. The molecule has 0 saturated carbocycles. The van der Waals surface area contributed by atoms with Crippen molar-refractivity contribution in [3.05, 3.63) is 48.0 Å². The molecular formula is C19H25ClN2O3S. The van der Waals surface area contributed by atoms with Crippen LogP contribution in [0.5, 0.6) is 5.75 Å². The number of benzene rings is 2. The van der Waals surface area contributed by atoms with Crippen LogP contribution in [0.4, 0.5) is 11.4 Å². The van der Waals surface area contributed by atoms with Gasteiger partial charge in [-0.1, -0.05) is 19.9 Å². The van der Waals surface area contributed by atoms with Crippen molar-refractivity contribution in [3.63, 3.8) is 0 Å². The topological polar surface area (TPSA) is 72.6 Å². The molecule has 142 valence electrons. The summed E-state index contributed by atoms with van der Waals surface area (Å²) >= 11 is 0. The van der Waals surface area contributed by atoms with E-state index in [9.17, 15) is 8.42 Å². The molecule has 26 heavy (non-hydrogen) atoms. The number of fused-ring (bicyclic) bond motifs is 1. The Balaban J connectivity index is 0.00000243. The Labute approximate surface area is 161 Å². The highest BCUT2D eigenvalue weighted by Gasteiger charge is 2.29. The molecule has 1 aliphatic rings. The molecule has 0 aliphatic carbocycles. The highest BCUT2D eigenvalue weighted by atomic mass is 35.5. The van der Waals surface area contributed by atoms with Gasteiger partial charge in [0.25, 0.3) is 10.0 Å². The van der Waals surface area contributed by atoms with Gasteiger partial charge in [0.2, 0.25) is 0 Å². The summed E-state index contributed by atoms with van der Waals surface area (Å²) in [4.78, 5) is 0.264. The number of sulfonamides is 1. The lowest BCUT2D eigenvalue weighted by Gasteiger charge is -2.31. The summed E-state index contributed by atoms with van der Waals surface area (Å²) in [6, 6.07) is 12.1. The smallest absolute Gasteiger partial charge is 0.264 e. The van der Waals surface area contributed by atoms with Crippen molar-refractivity contribution in [1.29, 1.82) is 0 Å². The Hall–Kier alpha value is -1.92. The quantitative estimate of drug-likeness (QED) is 0.778. The van der Waals surface area contributed by atoms with E-state index in [0.29, 0.717) is 36.2 Å². The number of nitrogens with two attached hydrogens (primary N) is 1. The van der Waals surface area contributed by atoms with Crippen molar-refractivity contribution >= 4 is 33.8 Å². The van der Waals surface area contributed by atoms with Gasteiger partial charge >= 0.3 is 0 Å². The van der Waals surface area contributed by atoms with Crippen LogP contribution >= 0.6 is 12.4 Å². The van der Waals surface area contributed by atoms with Gasteiger partial charge in [0.15, 0.2) is 0 Å². The third-order valence-electron chi connectivity index (χ3n) is 4.24. The van der Waals surface area contributed by atoms with Crippen molar-refractivity contribution < 1.29 is 13.2 Å². The molecule has 0 fully saturated rings. The summed E-state index contributed by atoms with van der Waals surface area (Å²) in [5, 5.41) is 0. The SMILES string of the molecule is CC(C)COc1ccc(S(=O)(=O)N2CCCc3c(N)cccc32)cc1.Cl. The van der Waals surface area contributed by atoms with Crippen molar-refractivity contribution in [2.45, 2.75) is 31.6 Å². The van der Waals surface area contributed by atoms with Gasteiger partial charge in [0, 0.05) is 12.2 Å². The second kappa shape index (κ2) is 8.18. The number of hydrogen-bond donors (Lipinski definition) is 1. The van der Waals surface area contributed by atoms with Crippen molar-refractivity contribution in [2.75, 3.05) is 23.2 Å². The fourth-order valence-electron chi connectivity index (χ4n) is 2.97. The fourth-order valence-corrected chi connectivity index (χ4v) is 4.50. The zero-order valence-electron chi connectivity index (χ0n) is 15.0. The zero-order chi connectivity index (χ0) is 18.0. The van der Waals surface area contributed by atoms with E-state index in [0.717, 1.165) is 18.4 Å². The summed E-state index contributed by atoms with van der Waals surface area (Å²) in [5.74, 6) is 1.09. The first-order valence-corrected chi connectivity index (χ1v) is 9.96. The average molecular weight is 397 g/mol. The van der Waals surface area contributed by atoms with E-state index < -0.39 is 10.0 Å². The van der Waals surface area contributed by atoms with E-state index in [1.54, 1.807) is 30.3 Å². The molecule has 0 aromatic heterocycles. The molecule has 2 aromatic rings. The normalized spacial score (nSPS) is 13.9. The van der Waals surface area contributed by atoms with Crippen LogP contribution in [0.15, 0.2) is 47.4 Å². The van der Waals surface area contributed by atoms with Gasteiger partial charge in [-0.15, -0.1) is 12.4 Å². The molecule has 0 spiro atoms. The van der Waals surface area contributed by atoms with E-state index in [1.807, 2.05) is 12.1 Å². The maximum absolute atomic E-state index is 13.1. The van der Waals surface area contributed by atoms with Gasteiger partial charge in [-0.25, -0.2) is 8.42 Å². The van der Waals surface area contributed by atoms with Crippen LogP contribution in [-0.2, 0) is 16.4 Å².